The minimum atomic E-state index is 0.722. The fourth-order valence-corrected chi connectivity index (χ4v) is 3.72. The quantitative estimate of drug-likeness (QED) is 0.780. The zero-order valence-electron chi connectivity index (χ0n) is 9.39. The van der Waals surface area contributed by atoms with Crippen LogP contribution in [0.2, 0.25) is 0 Å². The van der Waals surface area contributed by atoms with Gasteiger partial charge >= 0.3 is 0 Å². The molecule has 3 heteroatoms. The van der Waals surface area contributed by atoms with Crippen molar-refractivity contribution in [1.82, 2.24) is 4.90 Å². The summed E-state index contributed by atoms with van der Waals surface area (Å²) in [5.41, 5.74) is 1.55. The number of ether oxygens (including phenoxy) is 1. The molecule has 3 rings (SSSR count). The van der Waals surface area contributed by atoms with Gasteiger partial charge in [0.05, 0.1) is 13.2 Å². The summed E-state index contributed by atoms with van der Waals surface area (Å²) in [6.45, 7) is 5.21. The van der Waals surface area contributed by atoms with E-state index in [1.165, 1.54) is 17.2 Å². The first-order valence-corrected chi connectivity index (χ1v) is 6.94. The first kappa shape index (κ1) is 10.6. The second kappa shape index (κ2) is 4.78. The average Bonchev–Trinajstić information content (AvgIpc) is 2.74. The van der Waals surface area contributed by atoms with E-state index >= 15 is 0 Å². The first-order chi connectivity index (χ1) is 7.93. The normalized spacial score (nSPS) is 25.6. The SMILES string of the molecule is c1ccc2c(c1)SCC2CN1CCOCC1. The molecule has 1 saturated heterocycles. The summed E-state index contributed by atoms with van der Waals surface area (Å²) in [6, 6.07) is 8.85. The van der Waals surface area contributed by atoms with Gasteiger partial charge in [-0.2, -0.15) is 0 Å². The van der Waals surface area contributed by atoms with E-state index in [1.807, 2.05) is 11.8 Å². The molecule has 1 aromatic carbocycles. The van der Waals surface area contributed by atoms with Gasteiger partial charge in [-0.25, -0.2) is 0 Å². The van der Waals surface area contributed by atoms with Crippen molar-refractivity contribution in [2.45, 2.75) is 10.8 Å². The van der Waals surface area contributed by atoms with E-state index in [1.54, 1.807) is 5.56 Å². The van der Waals surface area contributed by atoms with Crippen LogP contribution in [0.4, 0.5) is 0 Å². The molecule has 86 valence electrons. The smallest absolute Gasteiger partial charge is 0.0594 e. The van der Waals surface area contributed by atoms with Crippen molar-refractivity contribution in [2.24, 2.45) is 0 Å². The molecule has 0 bridgehead atoms. The molecule has 16 heavy (non-hydrogen) atoms. The topological polar surface area (TPSA) is 12.5 Å². The van der Waals surface area contributed by atoms with Crippen molar-refractivity contribution in [3.8, 4) is 0 Å². The Kier molecular flexibility index (Phi) is 3.18. The van der Waals surface area contributed by atoms with Crippen molar-refractivity contribution >= 4 is 11.8 Å². The predicted molar refractivity (Wildman–Crippen MR) is 67.2 cm³/mol. The molecule has 1 unspecified atom stereocenters. The van der Waals surface area contributed by atoms with E-state index in [-0.39, 0.29) is 0 Å². The van der Waals surface area contributed by atoms with Gasteiger partial charge in [0.25, 0.3) is 0 Å². The Labute approximate surface area is 101 Å². The second-order valence-corrected chi connectivity index (χ2v) is 5.52. The summed E-state index contributed by atoms with van der Waals surface area (Å²) in [7, 11) is 0. The number of hydrogen-bond acceptors (Lipinski definition) is 3. The molecule has 0 radical (unpaired) electrons. The van der Waals surface area contributed by atoms with Crippen molar-refractivity contribution in [1.29, 1.82) is 0 Å². The molecule has 2 nitrogen and oxygen atoms in total. The number of fused-ring (bicyclic) bond motifs is 1. The highest BCUT2D eigenvalue weighted by Crippen LogP contribution is 2.39. The second-order valence-electron chi connectivity index (χ2n) is 4.46. The van der Waals surface area contributed by atoms with E-state index in [0.717, 1.165) is 32.2 Å². The Hall–Kier alpha value is -0.510. The lowest BCUT2D eigenvalue weighted by atomic mass is 10.0. The van der Waals surface area contributed by atoms with Crippen molar-refractivity contribution in [3.63, 3.8) is 0 Å². The Morgan fingerprint density at radius 1 is 1.25 bits per heavy atom. The highest BCUT2D eigenvalue weighted by Gasteiger charge is 2.25. The van der Waals surface area contributed by atoms with Crippen LogP contribution in [0.25, 0.3) is 0 Å². The van der Waals surface area contributed by atoms with Crippen molar-refractivity contribution < 1.29 is 4.74 Å². The molecule has 1 aromatic rings. The van der Waals surface area contributed by atoms with Crippen molar-refractivity contribution in [3.05, 3.63) is 29.8 Å². The van der Waals surface area contributed by atoms with Gasteiger partial charge in [0.15, 0.2) is 0 Å². The number of rotatable bonds is 2. The third kappa shape index (κ3) is 2.12. The van der Waals surface area contributed by atoms with Crippen LogP contribution in [0.15, 0.2) is 29.2 Å². The zero-order chi connectivity index (χ0) is 10.8. The minimum Gasteiger partial charge on any atom is -0.379 e. The van der Waals surface area contributed by atoms with E-state index in [2.05, 4.69) is 29.2 Å². The summed E-state index contributed by atoms with van der Waals surface area (Å²) in [4.78, 5) is 4.03. The van der Waals surface area contributed by atoms with Crippen LogP contribution in [0.5, 0.6) is 0 Å². The van der Waals surface area contributed by atoms with Crippen LogP contribution < -0.4 is 0 Å². The first-order valence-electron chi connectivity index (χ1n) is 5.95. The number of hydrogen-bond donors (Lipinski definition) is 0. The Morgan fingerprint density at radius 3 is 2.94 bits per heavy atom. The number of nitrogens with zero attached hydrogens (tertiary/aromatic N) is 1. The molecular formula is C13H17NOS. The van der Waals surface area contributed by atoms with E-state index in [0.29, 0.717) is 0 Å². The van der Waals surface area contributed by atoms with E-state index in [4.69, 9.17) is 4.74 Å². The number of thioether (sulfide) groups is 1. The lowest BCUT2D eigenvalue weighted by molar-refractivity contribution is 0.0359. The number of benzene rings is 1. The average molecular weight is 235 g/mol. The minimum absolute atomic E-state index is 0.722. The summed E-state index contributed by atoms with van der Waals surface area (Å²) in [5, 5.41) is 0. The van der Waals surface area contributed by atoms with Gasteiger partial charge in [-0.1, -0.05) is 18.2 Å². The van der Waals surface area contributed by atoms with Crippen LogP contribution in [0.1, 0.15) is 11.5 Å². The molecule has 2 heterocycles. The van der Waals surface area contributed by atoms with Crippen LogP contribution >= 0.6 is 11.8 Å². The van der Waals surface area contributed by atoms with Crippen LogP contribution in [-0.4, -0.2) is 43.5 Å². The predicted octanol–water partition coefficient (Wildman–Crippen LogP) is 2.21. The lowest BCUT2D eigenvalue weighted by Gasteiger charge is -2.29. The van der Waals surface area contributed by atoms with E-state index in [9.17, 15) is 0 Å². The number of morpholine rings is 1. The Balaban J connectivity index is 1.68. The zero-order valence-corrected chi connectivity index (χ0v) is 10.2. The highest BCUT2D eigenvalue weighted by atomic mass is 32.2. The molecular weight excluding hydrogens is 218 g/mol. The van der Waals surface area contributed by atoms with Crippen LogP contribution in [0, 0.1) is 0 Å². The largest absolute Gasteiger partial charge is 0.379 e. The van der Waals surface area contributed by atoms with Crippen molar-refractivity contribution in [2.75, 3.05) is 38.6 Å². The molecule has 0 aromatic heterocycles. The third-order valence-electron chi connectivity index (χ3n) is 3.38. The van der Waals surface area contributed by atoms with Gasteiger partial charge < -0.3 is 4.74 Å². The van der Waals surface area contributed by atoms with Gasteiger partial charge in [0.2, 0.25) is 0 Å². The summed E-state index contributed by atoms with van der Waals surface area (Å²) in [5.74, 6) is 1.97. The standard InChI is InChI=1S/C13H17NOS/c1-2-4-13-12(3-1)11(10-16-13)9-14-5-7-15-8-6-14/h1-4,11H,5-10H2. The molecule has 0 N–H and O–H groups in total. The summed E-state index contributed by atoms with van der Waals surface area (Å²) < 4.78 is 5.39. The highest BCUT2D eigenvalue weighted by molar-refractivity contribution is 7.99. The fraction of sp³-hybridized carbons (Fsp3) is 0.538. The maximum absolute atomic E-state index is 5.39. The molecule has 0 saturated carbocycles. The summed E-state index contributed by atoms with van der Waals surface area (Å²) >= 11 is 2.01. The monoisotopic (exact) mass is 235 g/mol. The molecule has 2 aliphatic heterocycles. The van der Waals surface area contributed by atoms with Gasteiger partial charge in [-0.05, 0) is 11.6 Å². The maximum Gasteiger partial charge on any atom is 0.0594 e. The van der Waals surface area contributed by atoms with Gasteiger partial charge in [0, 0.05) is 36.2 Å². The molecule has 1 atom stereocenters. The molecule has 2 aliphatic rings. The molecule has 0 amide bonds. The fourth-order valence-electron chi connectivity index (χ4n) is 2.48. The van der Waals surface area contributed by atoms with Crippen LogP contribution in [-0.2, 0) is 4.74 Å². The molecule has 0 aliphatic carbocycles. The summed E-state index contributed by atoms with van der Waals surface area (Å²) in [6.07, 6.45) is 0. The molecule has 1 fully saturated rings. The maximum atomic E-state index is 5.39. The Bertz CT molecular complexity index is 363. The van der Waals surface area contributed by atoms with Gasteiger partial charge in [-0.3, -0.25) is 4.90 Å². The molecule has 0 spiro atoms. The van der Waals surface area contributed by atoms with E-state index < -0.39 is 0 Å². The van der Waals surface area contributed by atoms with Crippen LogP contribution in [0.3, 0.4) is 0 Å². The Morgan fingerprint density at radius 2 is 2.06 bits per heavy atom. The van der Waals surface area contributed by atoms with Gasteiger partial charge in [0.1, 0.15) is 0 Å². The van der Waals surface area contributed by atoms with Gasteiger partial charge in [-0.15, -0.1) is 11.8 Å². The third-order valence-corrected chi connectivity index (χ3v) is 4.63. The lowest BCUT2D eigenvalue weighted by Crippen LogP contribution is -2.38.